The van der Waals surface area contributed by atoms with Gasteiger partial charge in [-0.15, -0.1) is 0 Å². The minimum atomic E-state index is -2.79. The Balaban J connectivity index is 3.12. The lowest BCUT2D eigenvalue weighted by Gasteiger charge is -2.46. The number of aldehydes is 1. The second-order valence-electron chi connectivity index (χ2n) is 8.10. The van der Waals surface area contributed by atoms with E-state index in [4.69, 9.17) is 14.6 Å². The van der Waals surface area contributed by atoms with Gasteiger partial charge in [0.15, 0.2) is 0 Å². The lowest BCUT2D eigenvalue weighted by molar-refractivity contribution is -0.317. The highest BCUT2D eigenvalue weighted by Crippen LogP contribution is 2.33. The predicted molar refractivity (Wildman–Crippen MR) is 110 cm³/mol. The van der Waals surface area contributed by atoms with Crippen LogP contribution in [0.5, 0.6) is 0 Å². The van der Waals surface area contributed by atoms with Crippen LogP contribution in [0.1, 0.15) is 20.3 Å². The monoisotopic (exact) mass is 512 g/mol. The third kappa shape index (κ3) is 7.86. The number of carbonyl (C=O) groups excluding carboxylic acids is 3. The lowest BCUT2D eigenvalue weighted by Crippen LogP contribution is -2.68. The Morgan fingerprint density at radius 2 is 1.69 bits per heavy atom. The second kappa shape index (κ2) is 13.1. The first-order valence-electron chi connectivity index (χ1n) is 10.4. The minimum absolute atomic E-state index is 0.100. The molecule has 0 aromatic rings. The van der Waals surface area contributed by atoms with Crippen LogP contribution in [0.3, 0.4) is 0 Å². The van der Waals surface area contributed by atoms with Crippen LogP contribution in [-0.4, -0.2) is 139 Å². The maximum Gasteiger partial charge on any atom is 0.364 e. The number of amides is 2. The number of hydrogen-bond donors (Lipinski definition) is 10. The van der Waals surface area contributed by atoms with Crippen LogP contribution in [0.4, 0.5) is 0 Å². The predicted octanol–water partition coefficient (Wildman–Crippen LogP) is -6.06. The first-order chi connectivity index (χ1) is 16.2. The minimum Gasteiger partial charge on any atom is -0.477 e. The van der Waals surface area contributed by atoms with Crippen LogP contribution < -0.4 is 10.6 Å². The van der Waals surface area contributed by atoms with Gasteiger partial charge >= 0.3 is 5.97 Å². The zero-order chi connectivity index (χ0) is 27.1. The lowest BCUT2D eigenvalue weighted by atomic mass is 9.88. The Kier molecular flexibility index (Phi) is 11.5. The van der Waals surface area contributed by atoms with Crippen LogP contribution in [0.2, 0.25) is 0 Å². The number of rotatable bonds is 13. The molecule has 0 aromatic heterocycles. The molecule has 35 heavy (non-hydrogen) atoms. The maximum absolute atomic E-state index is 12.0. The number of carboxylic acids is 1. The zero-order valence-electron chi connectivity index (χ0n) is 18.9. The third-order valence-corrected chi connectivity index (χ3v) is 5.30. The molecule has 0 aromatic carbocycles. The van der Waals surface area contributed by atoms with E-state index in [1.54, 1.807) is 0 Å². The van der Waals surface area contributed by atoms with Crippen LogP contribution in [0, 0.1) is 0 Å². The molecule has 0 saturated carbocycles. The topological polar surface area (TPSA) is 273 Å². The summed E-state index contributed by atoms with van der Waals surface area (Å²) in [6.45, 7) is 0.0496. The molecule has 1 fully saturated rings. The van der Waals surface area contributed by atoms with E-state index in [0.29, 0.717) is 0 Å². The first kappa shape index (κ1) is 30.8. The molecule has 1 heterocycles. The van der Waals surface area contributed by atoms with Crippen molar-refractivity contribution in [3.05, 3.63) is 0 Å². The quantitative estimate of drug-likeness (QED) is 0.103. The van der Waals surface area contributed by atoms with E-state index in [1.165, 1.54) is 0 Å². The Hall–Kier alpha value is -2.28. The van der Waals surface area contributed by atoms with Crippen molar-refractivity contribution < 1.29 is 69.5 Å². The van der Waals surface area contributed by atoms with E-state index in [9.17, 15) is 54.9 Å². The normalized spacial score (nSPS) is 29.7. The summed E-state index contributed by atoms with van der Waals surface area (Å²) in [6.07, 6.45) is -14.4. The number of aliphatic hydroxyl groups is 7. The Morgan fingerprint density at radius 3 is 2.14 bits per heavy atom. The molecule has 1 rings (SSSR count). The zero-order valence-corrected chi connectivity index (χ0v) is 18.9. The maximum atomic E-state index is 12.0. The average Bonchev–Trinajstić information content (AvgIpc) is 2.79. The number of carbonyl (C=O) groups is 4. The van der Waals surface area contributed by atoms with Crippen molar-refractivity contribution in [2.24, 2.45) is 0 Å². The molecule has 10 atom stereocenters. The highest BCUT2D eigenvalue weighted by atomic mass is 16.7. The third-order valence-electron chi connectivity index (χ3n) is 5.30. The molecular formula is C19H32N2O14. The summed E-state index contributed by atoms with van der Waals surface area (Å²) in [7, 11) is 0. The number of nitrogens with one attached hydrogen (secondary N) is 2. The summed E-state index contributed by atoms with van der Waals surface area (Å²) in [5, 5.41) is 84.1. The SMILES string of the molecule is CC(=O)N[C@H]1[C@H]([C@H](O)[C@H](O)CO)O[C@@](OC[C@@H](O)[C@H](O)[C@H](O)[C@H](C=O)NC(C)=O)(C(=O)O)C[C@@H]1O. The van der Waals surface area contributed by atoms with Crippen molar-refractivity contribution in [2.45, 2.75) is 80.9 Å². The standard InChI is InChI=1S/C19H32N2O14/c1-7(24)20-9(4-22)14(29)15(30)12(28)6-34-19(18(32)33)3-10(26)13(21-8(2)25)17(35-19)16(31)11(27)5-23/h4,9-17,23,26-31H,3,5-6H2,1-2H3,(H,20,24)(H,21,25)(H,32,33)/t9-,10-,11+,12+,13+,14+,15-,16+,17+,19+/m0/s1. The smallest absolute Gasteiger partial charge is 0.364 e. The number of carboxylic acid groups (broad SMARTS) is 1. The molecule has 1 aliphatic heterocycles. The molecule has 2 amide bonds. The van der Waals surface area contributed by atoms with Gasteiger partial charge < -0.3 is 65.8 Å². The van der Waals surface area contributed by atoms with Gasteiger partial charge in [0.25, 0.3) is 5.79 Å². The van der Waals surface area contributed by atoms with Gasteiger partial charge in [0.1, 0.15) is 49.0 Å². The fourth-order valence-corrected chi connectivity index (χ4v) is 3.47. The summed E-state index contributed by atoms with van der Waals surface area (Å²) >= 11 is 0. The molecule has 202 valence electrons. The second-order valence-corrected chi connectivity index (χ2v) is 8.10. The summed E-state index contributed by atoms with van der Waals surface area (Å²) in [5.74, 6) is -6.08. The van der Waals surface area contributed by atoms with E-state index < -0.39 is 98.0 Å². The van der Waals surface area contributed by atoms with Gasteiger partial charge in [-0.2, -0.15) is 0 Å². The molecule has 10 N–H and O–H groups in total. The molecule has 0 spiro atoms. The molecule has 0 bridgehead atoms. The Morgan fingerprint density at radius 1 is 1.09 bits per heavy atom. The van der Waals surface area contributed by atoms with Crippen LogP contribution in [0.15, 0.2) is 0 Å². The van der Waals surface area contributed by atoms with E-state index >= 15 is 0 Å². The Bertz CT molecular complexity index is 753. The molecule has 1 saturated heterocycles. The number of aliphatic carboxylic acids is 1. The summed E-state index contributed by atoms with van der Waals surface area (Å²) in [4.78, 5) is 45.7. The van der Waals surface area contributed by atoms with Crippen LogP contribution in [-0.2, 0) is 28.7 Å². The molecule has 1 aliphatic rings. The van der Waals surface area contributed by atoms with Crippen LogP contribution >= 0.6 is 0 Å². The molecule has 0 aliphatic carbocycles. The fraction of sp³-hybridized carbons (Fsp3) is 0.789. The van der Waals surface area contributed by atoms with Gasteiger partial charge in [-0.05, 0) is 0 Å². The molecule has 16 heteroatoms. The Labute approximate surface area is 199 Å². The van der Waals surface area contributed by atoms with E-state index in [2.05, 4.69) is 5.32 Å². The van der Waals surface area contributed by atoms with Gasteiger partial charge in [-0.25, -0.2) is 4.79 Å². The van der Waals surface area contributed by atoms with Gasteiger partial charge in [0.05, 0.1) is 25.4 Å². The molecule has 0 radical (unpaired) electrons. The van der Waals surface area contributed by atoms with Crippen LogP contribution in [0.25, 0.3) is 0 Å². The van der Waals surface area contributed by atoms with Crippen molar-refractivity contribution in [1.29, 1.82) is 0 Å². The first-order valence-corrected chi connectivity index (χ1v) is 10.4. The van der Waals surface area contributed by atoms with Gasteiger partial charge in [-0.3, -0.25) is 9.59 Å². The van der Waals surface area contributed by atoms with Crippen molar-refractivity contribution in [3.63, 3.8) is 0 Å². The summed E-state index contributed by atoms with van der Waals surface area (Å²) in [6, 6.07) is -3.06. The largest absolute Gasteiger partial charge is 0.477 e. The van der Waals surface area contributed by atoms with Crippen molar-refractivity contribution in [1.82, 2.24) is 10.6 Å². The van der Waals surface area contributed by atoms with Crippen molar-refractivity contribution in [2.75, 3.05) is 13.2 Å². The number of ether oxygens (including phenoxy) is 2. The van der Waals surface area contributed by atoms with E-state index in [1.807, 2.05) is 5.32 Å². The van der Waals surface area contributed by atoms with Crippen molar-refractivity contribution >= 4 is 24.1 Å². The van der Waals surface area contributed by atoms with Gasteiger partial charge in [-0.1, -0.05) is 0 Å². The van der Waals surface area contributed by atoms with E-state index in [0.717, 1.165) is 13.8 Å². The summed E-state index contributed by atoms with van der Waals surface area (Å²) in [5.41, 5.74) is 0. The van der Waals surface area contributed by atoms with Gasteiger partial charge in [0.2, 0.25) is 11.8 Å². The number of aliphatic hydroxyl groups excluding tert-OH is 7. The van der Waals surface area contributed by atoms with E-state index in [-0.39, 0.29) is 6.29 Å². The fourth-order valence-electron chi connectivity index (χ4n) is 3.47. The molecule has 16 nitrogen and oxygen atoms in total. The summed E-state index contributed by atoms with van der Waals surface area (Å²) < 4.78 is 10.5. The number of hydrogen-bond acceptors (Lipinski definition) is 13. The van der Waals surface area contributed by atoms with Crippen molar-refractivity contribution in [3.8, 4) is 0 Å². The highest BCUT2D eigenvalue weighted by Gasteiger charge is 2.56. The molecular weight excluding hydrogens is 480 g/mol. The average molecular weight is 512 g/mol. The molecule has 0 unspecified atom stereocenters. The van der Waals surface area contributed by atoms with Gasteiger partial charge in [0, 0.05) is 20.3 Å². The highest BCUT2D eigenvalue weighted by molar-refractivity contribution is 5.77.